The molecule has 17 heavy (non-hydrogen) atoms. The normalized spacial score (nSPS) is 8.65. The van der Waals surface area contributed by atoms with Crippen LogP contribution >= 0.6 is 0 Å². The highest BCUT2D eigenvalue weighted by Gasteiger charge is 1.88. The van der Waals surface area contributed by atoms with Crippen LogP contribution in [0, 0.1) is 0 Å². The Balaban J connectivity index is 0. The molecule has 0 aromatic rings. The molecule has 3 heteroatoms. The number of allylic oxidation sites excluding steroid dienone is 1. The summed E-state index contributed by atoms with van der Waals surface area (Å²) >= 11 is 0. The van der Waals surface area contributed by atoms with Crippen LogP contribution in [-0.4, -0.2) is 22.8 Å². The summed E-state index contributed by atoms with van der Waals surface area (Å²) < 4.78 is 0. The Morgan fingerprint density at radius 2 is 1.59 bits per heavy atom. The van der Waals surface area contributed by atoms with Gasteiger partial charge in [0.25, 0.3) is 5.97 Å². The molecule has 0 aliphatic heterocycles. The van der Waals surface area contributed by atoms with Gasteiger partial charge in [-0.25, -0.2) is 0 Å². The van der Waals surface area contributed by atoms with Crippen molar-refractivity contribution in [3.8, 4) is 0 Å². The third-order valence-electron chi connectivity index (χ3n) is 2.04. The van der Waals surface area contributed by atoms with E-state index < -0.39 is 5.97 Å². The molecule has 0 atom stereocenters. The van der Waals surface area contributed by atoms with Crippen molar-refractivity contribution < 1.29 is 15.0 Å². The fourth-order valence-corrected chi connectivity index (χ4v) is 1.27. The van der Waals surface area contributed by atoms with Crippen molar-refractivity contribution >= 4 is 5.97 Å². The molecule has 0 spiro atoms. The van der Waals surface area contributed by atoms with Gasteiger partial charge in [0.2, 0.25) is 0 Å². The lowest BCUT2D eigenvalue weighted by atomic mass is 10.1. The zero-order valence-corrected chi connectivity index (χ0v) is 11.1. The Morgan fingerprint density at radius 3 is 2.06 bits per heavy atom. The molecule has 0 saturated heterocycles. The largest absolute Gasteiger partial charge is 0.481 e. The van der Waals surface area contributed by atoms with Crippen LogP contribution in [-0.2, 0) is 4.79 Å². The lowest BCUT2D eigenvalue weighted by Gasteiger charge is -1.97. The fraction of sp³-hybridized carbons (Fsp3) is 0.714. The maximum Gasteiger partial charge on any atom is 0.300 e. The van der Waals surface area contributed by atoms with Crippen LogP contribution in [0.25, 0.3) is 0 Å². The van der Waals surface area contributed by atoms with E-state index in [1.807, 2.05) is 13.0 Å². The van der Waals surface area contributed by atoms with E-state index in [2.05, 4.69) is 11.8 Å². The third kappa shape index (κ3) is 31.3. The molecule has 0 saturated carbocycles. The van der Waals surface area contributed by atoms with Gasteiger partial charge in [-0.2, -0.15) is 0 Å². The number of carbonyl (C=O) groups is 1. The Hall–Kier alpha value is -1.05. The van der Waals surface area contributed by atoms with Crippen molar-refractivity contribution in [3.05, 3.63) is 17.9 Å². The molecule has 0 amide bonds. The number of aliphatic hydroxyl groups is 1. The van der Waals surface area contributed by atoms with Crippen LogP contribution in [0.1, 0.15) is 58.8 Å². The predicted molar refractivity (Wildman–Crippen MR) is 71.0 cm³/mol. The number of aliphatic hydroxyl groups excluding tert-OH is 1. The van der Waals surface area contributed by atoms with Gasteiger partial charge < -0.3 is 10.2 Å². The van der Waals surface area contributed by atoms with Crippen LogP contribution in [0.3, 0.4) is 0 Å². The Labute approximate surface area is 105 Å². The van der Waals surface area contributed by atoms with Crippen molar-refractivity contribution in [1.29, 1.82) is 0 Å². The van der Waals surface area contributed by atoms with Gasteiger partial charge in [0.05, 0.1) is 0 Å². The van der Waals surface area contributed by atoms with Crippen LogP contribution in [0.15, 0.2) is 17.9 Å². The minimum Gasteiger partial charge on any atom is -0.481 e. The Kier molecular flexibility index (Phi) is 18.7. The molecule has 0 aromatic carbocycles. The van der Waals surface area contributed by atoms with Crippen LogP contribution in [0.4, 0.5) is 0 Å². The van der Waals surface area contributed by atoms with Gasteiger partial charge in [-0.1, -0.05) is 25.7 Å². The van der Waals surface area contributed by atoms with E-state index in [0.717, 1.165) is 19.8 Å². The van der Waals surface area contributed by atoms with Gasteiger partial charge >= 0.3 is 0 Å². The summed E-state index contributed by atoms with van der Waals surface area (Å²) in [4.78, 5) is 9.00. The molecule has 0 heterocycles. The predicted octanol–water partition coefficient (Wildman–Crippen LogP) is 3.53. The first kappa shape index (κ1) is 18.3. The summed E-state index contributed by atoms with van der Waals surface area (Å²) in [5.74, 6) is -0.833. The number of rotatable bonds is 8. The van der Waals surface area contributed by atoms with Crippen molar-refractivity contribution in [2.75, 3.05) is 6.61 Å². The average molecular weight is 242 g/mol. The zero-order valence-electron chi connectivity index (χ0n) is 11.1. The number of carboxylic acids is 1. The average Bonchev–Trinajstić information content (AvgIpc) is 2.26. The number of hydrogen-bond acceptors (Lipinski definition) is 2. The molecular weight excluding hydrogens is 216 g/mol. The van der Waals surface area contributed by atoms with E-state index in [1.165, 1.54) is 32.1 Å². The molecule has 0 bridgehead atoms. The Morgan fingerprint density at radius 1 is 1.12 bits per heavy atom. The van der Waals surface area contributed by atoms with E-state index in [0.29, 0.717) is 6.61 Å². The molecule has 3 nitrogen and oxygen atoms in total. The summed E-state index contributed by atoms with van der Waals surface area (Å²) in [7, 11) is 0. The summed E-state index contributed by atoms with van der Waals surface area (Å²) in [5.41, 5.74) is 3.08. The summed E-state index contributed by atoms with van der Waals surface area (Å²) in [6.07, 6.45) is 12.5. The smallest absolute Gasteiger partial charge is 0.300 e. The summed E-state index contributed by atoms with van der Waals surface area (Å²) in [5, 5.41) is 16.0. The maximum atomic E-state index is 9.00. The van der Waals surface area contributed by atoms with Crippen molar-refractivity contribution in [2.24, 2.45) is 0 Å². The molecule has 0 fully saturated rings. The number of carboxylic acid groups (broad SMARTS) is 1. The fourth-order valence-electron chi connectivity index (χ4n) is 1.27. The van der Waals surface area contributed by atoms with Gasteiger partial charge in [0, 0.05) is 13.5 Å². The second-order valence-electron chi connectivity index (χ2n) is 3.81. The summed E-state index contributed by atoms with van der Waals surface area (Å²) in [6, 6.07) is 0. The minimum absolute atomic E-state index is 0.351. The highest BCUT2D eigenvalue weighted by molar-refractivity contribution is 5.62. The van der Waals surface area contributed by atoms with Crippen molar-refractivity contribution in [2.45, 2.75) is 58.8 Å². The molecule has 0 aliphatic rings. The topological polar surface area (TPSA) is 57.5 Å². The SMILES string of the molecule is CC(=O)O.CC=C=CCCCCCCCCO. The standard InChI is InChI=1S/C12H22O.C2H4O2/c1-2-3-4-5-6-7-8-9-10-11-12-13;1-2(3)4/h2,4,13H,5-12H2,1H3;1H3,(H,3,4). The lowest BCUT2D eigenvalue weighted by Crippen LogP contribution is -1.83. The van der Waals surface area contributed by atoms with E-state index in [4.69, 9.17) is 15.0 Å². The third-order valence-corrected chi connectivity index (χ3v) is 2.04. The first-order valence-electron chi connectivity index (χ1n) is 6.31. The molecule has 100 valence electrons. The quantitative estimate of drug-likeness (QED) is 0.505. The molecule has 0 rings (SSSR count). The zero-order chi connectivity index (χ0) is 13.4. The maximum absolute atomic E-state index is 9.00. The van der Waals surface area contributed by atoms with E-state index >= 15 is 0 Å². The summed E-state index contributed by atoms with van der Waals surface area (Å²) in [6.45, 7) is 3.43. The minimum atomic E-state index is -0.833. The van der Waals surface area contributed by atoms with Crippen LogP contribution in [0.5, 0.6) is 0 Å². The molecule has 0 radical (unpaired) electrons. The monoisotopic (exact) mass is 242 g/mol. The second-order valence-corrected chi connectivity index (χ2v) is 3.81. The first-order chi connectivity index (χ1) is 8.15. The van der Waals surface area contributed by atoms with E-state index in [1.54, 1.807) is 0 Å². The van der Waals surface area contributed by atoms with Gasteiger partial charge in [0.1, 0.15) is 0 Å². The van der Waals surface area contributed by atoms with Gasteiger partial charge in [-0.05, 0) is 38.3 Å². The van der Waals surface area contributed by atoms with Crippen LogP contribution < -0.4 is 0 Å². The molecule has 0 aliphatic carbocycles. The van der Waals surface area contributed by atoms with Crippen molar-refractivity contribution in [1.82, 2.24) is 0 Å². The van der Waals surface area contributed by atoms with Gasteiger partial charge in [-0.15, -0.1) is 5.73 Å². The lowest BCUT2D eigenvalue weighted by molar-refractivity contribution is -0.134. The second kappa shape index (κ2) is 17.3. The van der Waals surface area contributed by atoms with Gasteiger partial charge in [0.15, 0.2) is 0 Å². The van der Waals surface area contributed by atoms with Crippen LogP contribution in [0.2, 0.25) is 0 Å². The van der Waals surface area contributed by atoms with E-state index in [-0.39, 0.29) is 0 Å². The van der Waals surface area contributed by atoms with Crippen molar-refractivity contribution in [3.63, 3.8) is 0 Å². The molecule has 2 N–H and O–H groups in total. The van der Waals surface area contributed by atoms with Gasteiger partial charge in [-0.3, -0.25) is 4.79 Å². The van der Waals surface area contributed by atoms with E-state index in [9.17, 15) is 0 Å². The number of unbranched alkanes of at least 4 members (excludes halogenated alkanes) is 6. The Bertz CT molecular complexity index is 212. The molecule has 0 aromatic heterocycles. The highest BCUT2D eigenvalue weighted by Crippen LogP contribution is 2.06. The molecule has 0 unspecified atom stereocenters. The molecular formula is C14H26O3. The first-order valence-corrected chi connectivity index (χ1v) is 6.31. The number of hydrogen-bond donors (Lipinski definition) is 2. The number of aliphatic carboxylic acids is 1. The highest BCUT2D eigenvalue weighted by atomic mass is 16.4.